The standard InChI is InChI=1S/C16H10BrF2NO/c17-12-7-8-20-16-10(12)3-1-6-15(16)21-9-11-13(18)4-2-5-14(11)19/h1-8H,9H2. The van der Waals surface area contributed by atoms with Crippen LogP contribution in [0.2, 0.25) is 0 Å². The number of pyridine rings is 1. The van der Waals surface area contributed by atoms with Crippen LogP contribution in [0.1, 0.15) is 5.56 Å². The Balaban J connectivity index is 1.94. The highest BCUT2D eigenvalue weighted by molar-refractivity contribution is 9.10. The van der Waals surface area contributed by atoms with Crippen LogP contribution in [0.25, 0.3) is 10.9 Å². The second kappa shape index (κ2) is 5.77. The van der Waals surface area contributed by atoms with Crippen LogP contribution >= 0.6 is 15.9 Å². The summed E-state index contributed by atoms with van der Waals surface area (Å²) in [5.41, 5.74) is 0.549. The minimum absolute atomic E-state index is 0.0931. The molecule has 0 amide bonds. The van der Waals surface area contributed by atoms with Crippen molar-refractivity contribution in [1.82, 2.24) is 4.98 Å². The molecule has 1 aromatic heterocycles. The molecule has 21 heavy (non-hydrogen) atoms. The number of aromatic nitrogens is 1. The molecular weight excluding hydrogens is 340 g/mol. The minimum Gasteiger partial charge on any atom is -0.486 e. The van der Waals surface area contributed by atoms with E-state index in [2.05, 4.69) is 20.9 Å². The van der Waals surface area contributed by atoms with E-state index in [9.17, 15) is 8.78 Å². The average molecular weight is 350 g/mol. The van der Waals surface area contributed by atoms with Gasteiger partial charge in [0, 0.05) is 16.1 Å². The Morgan fingerprint density at radius 1 is 1.00 bits per heavy atom. The van der Waals surface area contributed by atoms with Crippen LogP contribution in [0, 0.1) is 11.6 Å². The molecule has 5 heteroatoms. The van der Waals surface area contributed by atoms with Crippen molar-refractivity contribution in [3.05, 3.63) is 70.3 Å². The Hall–Kier alpha value is -2.01. The zero-order chi connectivity index (χ0) is 14.8. The fourth-order valence-electron chi connectivity index (χ4n) is 2.05. The third-order valence-electron chi connectivity index (χ3n) is 3.11. The fourth-order valence-corrected chi connectivity index (χ4v) is 2.49. The molecule has 3 aromatic rings. The first-order valence-corrected chi connectivity index (χ1v) is 7.05. The van der Waals surface area contributed by atoms with E-state index in [1.807, 2.05) is 18.2 Å². The van der Waals surface area contributed by atoms with Gasteiger partial charge in [0.05, 0.1) is 5.56 Å². The zero-order valence-electron chi connectivity index (χ0n) is 10.8. The number of fused-ring (bicyclic) bond motifs is 1. The molecule has 106 valence electrons. The summed E-state index contributed by atoms with van der Waals surface area (Å²) in [6.07, 6.45) is 1.64. The van der Waals surface area contributed by atoms with Gasteiger partial charge in [-0.2, -0.15) is 0 Å². The topological polar surface area (TPSA) is 22.1 Å². The van der Waals surface area contributed by atoms with Gasteiger partial charge in [0.15, 0.2) is 0 Å². The van der Waals surface area contributed by atoms with Gasteiger partial charge in [-0.25, -0.2) is 8.78 Å². The predicted octanol–water partition coefficient (Wildman–Crippen LogP) is 4.85. The smallest absolute Gasteiger partial charge is 0.146 e. The Morgan fingerprint density at radius 2 is 1.71 bits per heavy atom. The molecule has 0 radical (unpaired) electrons. The number of halogens is 3. The van der Waals surface area contributed by atoms with Crippen LogP contribution in [0.4, 0.5) is 8.78 Å². The summed E-state index contributed by atoms with van der Waals surface area (Å²) in [5, 5.41) is 0.879. The number of hydrogen-bond acceptors (Lipinski definition) is 2. The van der Waals surface area contributed by atoms with Crippen LogP contribution < -0.4 is 4.74 Å². The highest BCUT2D eigenvalue weighted by Crippen LogP contribution is 2.29. The number of hydrogen-bond donors (Lipinski definition) is 0. The van der Waals surface area contributed by atoms with Gasteiger partial charge in [-0.1, -0.05) is 34.1 Å². The summed E-state index contributed by atoms with van der Waals surface area (Å²) < 4.78 is 33.6. The first-order valence-electron chi connectivity index (χ1n) is 6.26. The molecule has 0 saturated carbocycles. The molecule has 0 atom stereocenters. The molecule has 0 spiro atoms. The second-order valence-corrected chi connectivity index (χ2v) is 5.29. The predicted molar refractivity (Wildman–Crippen MR) is 80.1 cm³/mol. The number of nitrogens with zero attached hydrogens (tertiary/aromatic N) is 1. The molecule has 3 rings (SSSR count). The maximum atomic E-state index is 13.6. The van der Waals surface area contributed by atoms with E-state index in [-0.39, 0.29) is 12.2 Å². The van der Waals surface area contributed by atoms with Crippen molar-refractivity contribution in [2.24, 2.45) is 0 Å². The maximum absolute atomic E-state index is 13.6. The largest absolute Gasteiger partial charge is 0.486 e. The lowest BCUT2D eigenvalue weighted by Gasteiger charge is -2.10. The summed E-state index contributed by atoms with van der Waals surface area (Å²) in [6, 6.07) is 11.0. The molecule has 2 nitrogen and oxygen atoms in total. The molecule has 0 bridgehead atoms. The monoisotopic (exact) mass is 349 g/mol. The molecule has 0 saturated heterocycles. The quantitative estimate of drug-likeness (QED) is 0.673. The molecule has 0 aliphatic heterocycles. The highest BCUT2D eigenvalue weighted by atomic mass is 79.9. The van der Waals surface area contributed by atoms with Crippen molar-refractivity contribution in [2.75, 3.05) is 0 Å². The van der Waals surface area contributed by atoms with E-state index in [0.29, 0.717) is 11.3 Å². The third kappa shape index (κ3) is 2.74. The maximum Gasteiger partial charge on any atom is 0.146 e. The molecule has 0 N–H and O–H groups in total. The van der Waals surface area contributed by atoms with Gasteiger partial charge < -0.3 is 4.74 Å². The molecule has 2 aromatic carbocycles. The molecule has 0 unspecified atom stereocenters. The van der Waals surface area contributed by atoms with Crippen molar-refractivity contribution in [3.63, 3.8) is 0 Å². The summed E-state index contributed by atoms with van der Waals surface area (Å²) in [6.45, 7) is -0.189. The number of ether oxygens (including phenoxy) is 1. The average Bonchev–Trinajstić information content (AvgIpc) is 2.47. The fraction of sp³-hybridized carbons (Fsp3) is 0.0625. The normalized spacial score (nSPS) is 10.8. The lowest BCUT2D eigenvalue weighted by atomic mass is 10.2. The Kier molecular flexibility index (Phi) is 3.84. The lowest BCUT2D eigenvalue weighted by molar-refractivity contribution is 0.295. The Labute approximate surface area is 128 Å². The summed E-state index contributed by atoms with van der Waals surface area (Å²) in [4.78, 5) is 4.26. The SMILES string of the molecule is Fc1cccc(F)c1COc1cccc2c(Br)ccnc12. The van der Waals surface area contributed by atoms with Crippen molar-refractivity contribution >= 4 is 26.8 Å². The molecule has 0 aliphatic carbocycles. The van der Waals surface area contributed by atoms with E-state index < -0.39 is 11.6 Å². The summed E-state index contributed by atoms with van der Waals surface area (Å²) in [5.74, 6) is -0.759. The van der Waals surface area contributed by atoms with E-state index in [0.717, 1.165) is 9.86 Å². The Morgan fingerprint density at radius 3 is 2.48 bits per heavy atom. The lowest BCUT2D eigenvalue weighted by Crippen LogP contribution is -2.02. The molecular formula is C16H10BrF2NO. The van der Waals surface area contributed by atoms with Crippen molar-refractivity contribution in [2.45, 2.75) is 6.61 Å². The van der Waals surface area contributed by atoms with E-state index in [1.165, 1.54) is 18.2 Å². The Bertz CT molecular complexity index is 787. The van der Waals surface area contributed by atoms with Gasteiger partial charge in [-0.05, 0) is 24.3 Å². The van der Waals surface area contributed by atoms with Gasteiger partial charge in [-0.3, -0.25) is 4.98 Å². The van der Waals surface area contributed by atoms with Gasteiger partial charge in [-0.15, -0.1) is 0 Å². The first kappa shape index (κ1) is 13.9. The minimum atomic E-state index is -0.621. The van der Waals surface area contributed by atoms with Crippen LogP contribution in [0.3, 0.4) is 0 Å². The van der Waals surface area contributed by atoms with Crippen molar-refractivity contribution < 1.29 is 13.5 Å². The first-order chi connectivity index (χ1) is 10.2. The molecule has 0 aliphatic rings. The number of benzene rings is 2. The highest BCUT2D eigenvalue weighted by Gasteiger charge is 2.11. The third-order valence-corrected chi connectivity index (χ3v) is 3.81. The second-order valence-electron chi connectivity index (χ2n) is 4.43. The number of rotatable bonds is 3. The van der Waals surface area contributed by atoms with Gasteiger partial charge >= 0.3 is 0 Å². The van der Waals surface area contributed by atoms with Crippen molar-refractivity contribution in [1.29, 1.82) is 0 Å². The summed E-state index contributed by atoms with van der Waals surface area (Å²) in [7, 11) is 0. The van der Waals surface area contributed by atoms with Crippen LogP contribution in [0.5, 0.6) is 5.75 Å². The van der Waals surface area contributed by atoms with E-state index >= 15 is 0 Å². The van der Waals surface area contributed by atoms with Crippen LogP contribution in [0.15, 0.2) is 53.1 Å². The van der Waals surface area contributed by atoms with Crippen LogP contribution in [-0.2, 0) is 6.61 Å². The van der Waals surface area contributed by atoms with E-state index in [4.69, 9.17) is 4.74 Å². The zero-order valence-corrected chi connectivity index (χ0v) is 12.4. The van der Waals surface area contributed by atoms with Gasteiger partial charge in [0.25, 0.3) is 0 Å². The number of para-hydroxylation sites is 1. The van der Waals surface area contributed by atoms with Gasteiger partial charge in [0.2, 0.25) is 0 Å². The molecule has 0 fully saturated rings. The van der Waals surface area contributed by atoms with Crippen LogP contribution in [-0.4, -0.2) is 4.98 Å². The molecule has 1 heterocycles. The summed E-state index contributed by atoms with van der Waals surface area (Å²) >= 11 is 3.43. The van der Waals surface area contributed by atoms with Crippen molar-refractivity contribution in [3.8, 4) is 5.75 Å². The van der Waals surface area contributed by atoms with Gasteiger partial charge in [0.1, 0.15) is 29.5 Å². The van der Waals surface area contributed by atoms with E-state index in [1.54, 1.807) is 12.3 Å².